The van der Waals surface area contributed by atoms with E-state index in [4.69, 9.17) is 11.6 Å². The topological polar surface area (TPSA) is 37.8 Å². The third kappa shape index (κ3) is 2.91. The predicted molar refractivity (Wildman–Crippen MR) is 74.3 cm³/mol. The molecule has 0 bridgehead atoms. The molecule has 0 aromatic carbocycles. The summed E-state index contributed by atoms with van der Waals surface area (Å²) < 4.78 is 0.757. The summed E-state index contributed by atoms with van der Waals surface area (Å²) in [5.74, 6) is 2.22. The molecule has 0 radical (unpaired) electrons. The molecule has 1 N–H and O–H groups in total. The minimum absolute atomic E-state index is 0.457. The highest BCUT2D eigenvalue weighted by Gasteiger charge is 2.27. The van der Waals surface area contributed by atoms with Gasteiger partial charge >= 0.3 is 0 Å². The van der Waals surface area contributed by atoms with E-state index in [9.17, 15) is 0 Å². The number of halogens is 2. The fraction of sp³-hybridized carbons (Fsp3) is 0.667. The highest BCUT2D eigenvalue weighted by atomic mass is 79.9. The van der Waals surface area contributed by atoms with E-state index in [1.54, 1.807) is 0 Å². The fourth-order valence-corrected chi connectivity index (χ4v) is 2.86. The Morgan fingerprint density at radius 1 is 1.35 bits per heavy atom. The van der Waals surface area contributed by atoms with E-state index in [-0.39, 0.29) is 0 Å². The molecule has 17 heavy (non-hydrogen) atoms. The standard InChI is InChI=1S/C12H17BrClN3/c1-7-4-3-5-9(8(7)2)17-12-10(13)11(14)15-6-16-12/h6-9H,3-5H2,1-2H3,(H,15,16,17). The van der Waals surface area contributed by atoms with E-state index in [2.05, 4.69) is 45.1 Å². The van der Waals surface area contributed by atoms with Crippen LogP contribution in [0.1, 0.15) is 33.1 Å². The maximum absolute atomic E-state index is 5.96. The van der Waals surface area contributed by atoms with Crippen molar-refractivity contribution in [3.05, 3.63) is 16.0 Å². The van der Waals surface area contributed by atoms with Gasteiger partial charge < -0.3 is 5.32 Å². The third-order valence-electron chi connectivity index (χ3n) is 3.78. The number of nitrogens with one attached hydrogen (secondary N) is 1. The van der Waals surface area contributed by atoms with Crippen LogP contribution in [0.2, 0.25) is 5.15 Å². The molecule has 0 amide bonds. The summed E-state index contributed by atoms with van der Waals surface area (Å²) in [6, 6.07) is 0.473. The van der Waals surface area contributed by atoms with Crippen molar-refractivity contribution in [3.8, 4) is 0 Å². The molecule has 1 aromatic heterocycles. The highest BCUT2D eigenvalue weighted by Crippen LogP contribution is 2.33. The molecule has 2 rings (SSSR count). The molecule has 1 aromatic rings. The normalized spacial score (nSPS) is 29.1. The second kappa shape index (κ2) is 5.53. The van der Waals surface area contributed by atoms with Crippen LogP contribution in [0.3, 0.4) is 0 Å². The van der Waals surface area contributed by atoms with Crippen LogP contribution in [-0.4, -0.2) is 16.0 Å². The van der Waals surface area contributed by atoms with Crippen LogP contribution in [-0.2, 0) is 0 Å². The van der Waals surface area contributed by atoms with Gasteiger partial charge in [-0.25, -0.2) is 9.97 Å². The summed E-state index contributed by atoms with van der Waals surface area (Å²) in [7, 11) is 0. The Labute approximate surface area is 116 Å². The van der Waals surface area contributed by atoms with Crippen molar-refractivity contribution in [1.29, 1.82) is 0 Å². The molecule has 1 heterocycles. The average molecular weight is 319 g/mol. The van der Waals surface area contributed by atoms with Gasteiger partial charge in [0.15, 0.2) is 0 Å². The second-order valence-electron chi connectivity index (χ2n) is 4.85. The Hall–Kier alpha value is -0.350. The number of anilines is 1. The first-order chi connectivity index (χ1) is 8.09. The fourth-order valence-electron chi connectivity index (χ4n) is 2.41. The number of aromatic nitrogens is 2. The zero-order chi connectivity index (χ0) is 12.4. The number of rotatable bonds is 2. The van der Waals surface area contributed by atoms with Gasteiger partial charge in [-0.1, -0.05) is 38.3 Å². The van der Waals surface area contributed by atoms with Crippen LogP contribution in [0.25, 0.3) is 0 Å². The predicted octanol–water partition coefficient (Wildman–Crippen LogP) is 4.13. The van der Waals surface area contributed by atoms with Crippen molar-refractivity contribution in [2.45, 2.75) is 39.2 Å². The molecule has 94 valence electrons. The Balaban J connectivity index is 2.12. The van der Waals surface area contributed by atoms with Gasteiger partial charge in [0.25, 0.3) is 0 Å². The second-order valence-corrected chi connectivity index (χ2v) is 6.00. The Morgan fingerprint density at radius 3 is 2.88 bits per heavy atom. The van der Waals surface area contributed by atoms with Crippen molar-refractivity contribution < 1.29 is 0 Å². The summed E-state index contributed by atoms with van der Waals surface area (Å²) >= 11 is 9.38. The summed E-state index contributed by atoms with van der Waals surface area (Å²) in [4.78, 5) is 8.17. The zero-order valence-corrected chi connectivity index (χ0v) is 12.4. The van der Waals surface area contributed by atoms with Gasteiger partial charge in [0.1, 0.15) is 17.3 Å². The number of nitrogens with zero attached hydrogens (tertiary/aromatic N) is 2. The molecular weight excluding hydrogens is 302 g/mol. The van der Waals surface area contributed by atoms with Gasteiger partial charge in [0.05, 0.1) is 4.47 Å². The molecule has 0 aliphatic heterocycles. The summed E-state index contributed by atoms with van der Waals surface area (Å²) in [6.45, 7) is 4.62. The van der Waals surface area contributed by atoms with Crippen molar-refractivity contribution in [2.24, 2.45) is 11.8 Å². The molecule has 1 aliphatic carbocycles. The van der Waals surface area contributed by atoms with Crippen LogP contribution < -0.4 is 5.32 Å². The molecule has 1 fully saturated rings. The molecule has 3 unspecified atom stereocenters. The summed E-state index contributed by atoms with van der Waals surface area (Å²) in [5, 5.41) is 3.95. The first-order valence-corrected chi connectivity index (χ1v) is 7.19. The van der Waals surface area contributed by atoms with E-state index in [0.717, 1.165) is 16.2 Å². The molecule has 3 atom stereocenters. The van der Waals surface area contributed by atoms with Gasteiger partial charge in [0.2, 0.25) is 0 Å². The van der Waals surface area contributed by atoms with E-state index in [1.165, 1.54) is 25.6 Å². The van der Waals surface area contributed by atoms with Gasteiger partial charge in [-0.15, -0.1) is 0 Å². The summed E-state index contributed by atoms with van der Waals surface area (Å²) in [5.41, 5.74) is 0. The first kappa shape index (κ1) is 13.1. The smallest absolute Gasteiger partial charge is 0.148 e. The lowest BCUT2D eigenvalue weighted by molar-refractivity contribution is 0.253. The molecule has 1 aliphatic rings. The maximum atomic E-state index is 5.96. The Morgan fingerprint density at radius 2 is 2.12 bits per heavy atom. The monoisotopic (exact) mass is 317 g/mol. The van der Waals surface area contributed by atoms with Crippen molar-refractivity contribution in [3.63, 3.8) is 0 Å². The minimum Gasteiger partial charge on any atom is -0.366 e. The van der Waals surface area contributed by atoms with Crippen molar-refractivity contribution in [2.75, 3.05) is 5.32 Å². The minimum atomic E-state index is 0.457. The lowest BCUT2D eigenvalue weighted by Crippen LogP contribution is -2.35. The molecule has 0 saturated heterocycles. The molecule has 1 saturated carbocycles. The van der Waals surface area contributed by atoms with Crippen LogP contribution in [0.4, 0.5) is 5.82 Å². The average Bonchev–Trinajstić information content (AvgIpc) is 2.31. The van der Waals surface area contributed by atoms with Crippen LogP contribution in [0, 0.1) is 11.8 Å². The third-order valence-corrected chi connectivity index (χ3v) is 5.04. The Kier molecular flexibility index (Phi) is 4.26. The van der Waals surface area contributed by atoms with Gasteiger partial charge in [0, 0.05) is 6.04 Å². The highest BCUT2D eigenvalue weighted by molar-refractivity contribution is 9.10. The van der Waals surface area contributed by atoms with Crippen LogP contribution in [0.15, 0.2) is 10.8 Å². The van der Waals surface area contributed by atoms with E-state index in [0.29, 0.717) is 17.1 Å². The largest absolute Gasteiger partial charge is 0.366 e. The quantitative estimate of drug-likeness (QED) is 0.833. The van der Waals surface area contributed by atoms with Crippen molar-refractivity contribution in [1.82, 2.24) is 9.97 Å². The van der Waals surface area contributed by atoms with E-state index < -0.39 is 0 Å². The van der Waals surface area contributed by atoms with E-state index in [1.807, 2.05) is 0 Å². The SMILES string of the molecule is CC1CCCC(Nc2ncnc(Cl)c2Br)C1C. The van der Waals surface area contributed by atoms with Crippen LogP contribution in [0.5, 0.6) is 0 Å². The lowest BCUT2D eigenvalue weighted by atomic mass is 9.78. The van der Waals surface area contributed by atoms with Crippen LogP contribution >= 0.6 is 27.5 Å². The van der Waals surface area contributed by atoms with Gasteiger partial charge in [-0.05, 0) is 34.2 Å². The zero-order valence-electron chi connectivity index (χ0n) is 10.1. The van der Waals surface area contributed by atoms with Crippen molar-refractivity contribution >= 4 is 33.3 Å². The number of hydrogen-bond donors (Lipinski definition) is 1. The van der Waals surface area contributed by atoms with Gasteiger partial charge in [-0.3, -0.25) is 0 Å². The lowest BCUT2D eigenvalue weighted by Gasteiger charge is -2.35. The summed E-state index contributed by atoms with van der Waals surface area (Å²) in [6.07, 6.45) is 5.29. The van der Waals surface area contributed by atoms with E-state index >= 15 is 0 Å². The molecule has 3 nitrogen and oxygen atoms in total. The molecule has 0 spiro atoms. The maximum Gasteiger partial charge on any atom is 0.148 e. The van der Waals surface area contributed by atoms with Gasteiger partial charge in [-0.2, -0.15) is 0 Å². The molecule has 5 heteroatoms. The first-order valence-electron chi connectivity index (χ1n) is 6.02. The number of hydrogen-bond acceptors (Lipinski definition) is 3. The molecular formula is C12H17BrClN3. The Bertz CT molecular complexity index is 399.